The van der Waals surface area contributed by atoms with Crippen molar-refractivity contribution in [2.24, 2.45) is 47.3 Å². The molecule has 4 aliphatic carbocycles. The first-order valence-electron chi connectivity index (χ1n) is 10.9. The Morgan fingerprint density at radius 3 is 1.34 bits per heavy atom. The van der Waals surface area contributed by atoms with Gasteiger partial charge in [0.2, 0.25) is 23.6 Å². The average molecular weight is 426 g/mol. The van der Waals surface area contributed by atoms with Gasteiger partial charge in [-0.1, -0.05) is 24.3 Å². The first-order chi connectivity index (χ1) is 15.6. The van der Waals surface area contributed by atoms with Crippen molar-refractivity contribution in [2.75, 3.05) is 9.80 Å². The molecular weight excluding hydrogens is 408 g/mol. The van der Waals surface area contributed by atoms with Crippen molar-refractivity contribution in [3.8, 4) is 0 Å². The van der Waals surface area contributed by atoms with Crippen LogP contribution in [-0.2, 0) is 19.2 Å². The zero-order chi connectivity index (χ0) is 21.7. The van der Waals surface area contributed by atoms with Crippen molar-refractivity contribution in [3.63, 3.8) is 0 Å². The third kappa shape index (κ3) is 1.94. The predicted molar refractivity (Wildman–Crippen MR) is 111 cm³/mol. The van der Waals surface area contributed by atoms with E-state index in [9.17, 15) is 19.2 Å². The second kappa shape index (κ2) is 5.97. The summed E-state index contributed by atoms with van der Waals surface area (Å²) in [6, 6.07) is 10.3. The maximum atomic E-state index is 13.4. The molecule has 2 saturated carbocycles. The van der Waals surface area contributed by atoms with Gasteiger partial charge in [0.05, 0.1) is 23.7 Å². The van der Waals surface area contributed by atoms with Gasteiger partial charge in [0.15, 0.2) is 0 Å². The Balaban J connectivity index is 1.27. The number of allylic oxidation sites excluding steroid dienone is 2. The van der Waals surface area contributed by atoms with Gasteiger partial charge in [0, 0.05) is 12.4 Å². The number of carbonyl (C=O) groups excluding carboxylic acids is 4. The standard InChI is InChI=1S/C24H18N4O4/c29-21-17-11-7-8-12(18(17)22(30)27(21)13-5-1-3-9-25-13)16-15(11)19-20(16)24(32)28(23(19)31)14-6-2-4-10-26-14/h1-12,15-20H/t11-,12+,15-,16-,17+,18+,19-,20-/m1/s1. The van der Waals surface area contributed by atoms with Gasteiger partial charge in [-0.2, -0.15) is 0 Å². The van der Waals surface area contributed by atoms with Crippen LogP contribution in [0.2, 0.25) is 0 Å². The number of imide groups is 2. The lowest BCUT2D eigenvalue weighted by atomic mass is 9.40. The Morgan fingerprint density at radius 1 is 0.562 bits per heavy atom. The van der Waals surface area contributed by atoms with E-state index in [-0.39, 0.29) is 47.3 Å². The van der Waals surface area contributed by atoms with Gasteiger partial charge in [-0.25, -0.2) is 19.8 Å². The molecule has 4 fully saturated rings. The molecule has 32 heavy (non-hydrogen) atoms. The Labute approximate surface area is 182 Å². The number of aromatic nitrogens is 2. The number of rotatable bonds is 2. The highest BCUT2D eigenvalue weighted by molar-refractivity contribution is 6.24. The molecule has 2 aromatic heterocycles. The van der Waals surface area contributed by atoms with Gasteiger partial charge in [-0.3, -0.25) is 19.2 Å². The largest absolute Gasteiger partial charge is 0.274 e. The van der Waals surface area contributed by atoms with E-state index in [0.29, 0.717) is 11.6 Å². The van der Waals surface area contributed by atoms with Gasteiger partial charge in [0.1, 0.15) is 11.6 Å². The number of hydrogen-bond acceptors (Lipinski definition) is 6. The van der Waals surface area contributed by atoms with Crippen molar-refractivity contribution in [1.82, 2.24) is 9.97 Å². The van der Waals surface area contributed by atoms with E-state index in [1.807, 2.05) is 12.2 Å². The summed E-state index contributed by atoms with van der Waals surface area (Å²) in [6.45, 7) is 0. The lowest BCUT2D eigenvalue weighted by molar-refractivity contribution is -0.166. The first kappa shape index (κ1) is 17.9. The molecule has 8 heteroatoms. The van der Waals surface area contributed by atoms with Crippen molar-refractivity contribution in [3.05, 3.63) is 60.9 Å². The van der Waals surface area contributed by atoms with Crippen molar-refractivity contribution >= 4 is 35.3 Å². The summed E-state index contributed by atoms with van der Waals surface area (Å²) in [6.07, 6.45) is 7.11. The Kier molecular flexibility index (Phi) is 3.35. The average Bonchev–Trinajstić information content (AvgIpc) is 3.19. The smallest absolute Gasteiger partial charge is 0.239 e. The highest BCUT2D eigenvalue weighted by Gasteiger charge is 2.75. The van der Waals surface area contributed by atoms with E-state index in [1.165, 1.54) is 9.80 Å². The fraction of sp³-hybridized carbons (Fsp3) is 0.333. The molecule has 4 amide bonds. The summed E-state index contributed by atoms with van der Waals surface area (Å²) in [5.41, 5.74) is 0. The van der Waals surface area contributed by atoms with Gasteiger partial charge < -0.3 is 0 Å². The lowest BCUT2D eigenvalue weighted by Crippen LogP contribution is -2.63. The molecule has 6 aliphatic rings. The number of pyridine rings is 2. The van der Waals surface area contributed by atoms with Gasteiger partial charge in [-0.05, 0) is 47.9 Å². The normalized spacial score (nSPS) is 38.6. The van der Waals surface area contributed by atoms with Crippen molar-refractivity contribution in [2.45, 2.75) is 0 Å². The molecule has 2 aromatic rings. The fourth-order valence-electron chi connectivity index (χ4n) is 7.02. The zero-order valence-electron chi connectivity index (χ0n) is 16.8. The third-order valence-corrected chi connectivity index (χ3v) is 8.10. The molecule has 2 bridgehead atoms. The molecule has 0 spiro atoms. The quantitative estimate of drug-likeness (QED) is 0.532. The van der Waals surface area contributed by atoms with Crippen LogP contribution >= 0.6 is 0 Å². The summed E-state index contributed by atoms with van der Waals surface area (Å²) >= 11 is 0. The molecule has 0 radical (unpaired) electrons. The molecule has 8 nitrogen and oxygen atoms in total. The predicted octanol–water partition coefficient (Wildman–Crippen LogP) is 1.45. The highest BCUT2D eigenvalue weighted by Crippen LogP contribution is 2.68. The summed E-state index contributed by atoms with van der Waals surface area (Å²) < 4.78 is 0. The number of anilines is 2. The molecule has 8 rings (SSSR count). The van der Waals surface area contributed by atoms with Gasteiger partial charge in [0.25, 0.3) is 0 Å². The minimum absolute atomic E-state index is 0.109. The van der Waals surface area contributed by atoms with Crippen LogP contribution in [0.4, 0.5) is 11.6 Å². The van der Waals surface area contributed by atoms with Crippen LogP contribution in [0, 0.1) is 47.3 Å². The molecule has 0 unspecified atom stereocenters. The Bertz CT molecular complexity index is 1170. The maximum Gasteiger partial charge on any atom is 0.239 e. The monoisotopic (exact) mass is 426 g/mol. The third-order valence-electron chi connectivity index (χ3n) is 8.10. The maximum absolute atomic E-state index is 13.4. The van der Waals surface area contributed by atoms with Gasteiger partial charge >= 0.3 is 0 Å². The van der Waals surface area contributed by atoms with Crippen molar-refractivity contribution < 1.29 is 19.2 Å². The van der Waals surface area contributed by atoms with Crippen LogP contribution in [-0.4, -0.2) is 33.6 Å². The van der Waals surface area contributed by atoms with Crippen molar-refractivity contribution in [1.29, 1.82) is 0 Å². The molecule has 0 N–H and O–H groups in total. The Morgan fingerprint density at radius 2 is 0.969 bits per heavy atom. The van der Waals surface area contributed by atoms with Crippen LogP contribution in [0.3, 0.4) is 0 Å². The van der Waals surface area contributed by atoms with E-state index in [1.54, 1.807) is 48.8 Å². The number of nitrogens with zero attached hydrogens (tertiary/aromatic N) is 4. The van der Waals surface area contributed by atoms with Gasteiger partial charge in [-0.15, -0.1) is 0 Å². The van der Waals surface area contributed by atoms with Crippen LogP contribution in [0.1, 0.15) is 0 Å². The second-order valence-electron chi connectivity index (χ2n) is 9.20. The molecule has 2 saturated heterocycles. The molecule has 2 aliphatic heterocycles. The summed E-state index contributed by atoms with van der Waals surface area (Å²) in [4.78, 5) is 64.2. The minimum Gasteiger partial charge on any atom is -0.274 e. The number of amides is 4. The molecular formula is C24H18N4O4. The van der Waals surface area contributed by atoms with Crippen LogP contribution < -0.4 is 9.80 Å². The van der Waals surface area contributed by atoms with E-state index < -0.39 is 23.7 Å². The summed E-state index contributed by atoms with van der Waals surface area (Å²) in [7, 11) is 0. The number of fused-ring (bicyclic) bond motifs is 1. The second-order valence-corrected chi connectivity index (χ2v) is 9.20. The zero-order valence-corrected chi connectivity index (χ0v) is 16.8. The van der Waals surface area contributed by atoms with E-state index in [4.69, 9.17) is 0 Å². The summed E-state index contributed by atoms with van der Waals surface area (Å²) in [5.74, 6) is -2.93. The number of hydrogen-bond donors (Lipinski definition) is 0. The topological polar surface area (TPSA) is 101 Å². The van der Waals surface area contributed by atoms with Crippen LogP contribution in [0.15, 0.2) is 60.9 Å². The number of carbonyl (C=O) groups is 4. The molecule has 4 heterocycles. The van der Waals surface area contributed by atoms with E-state index in [2.05, 4.69) is 9.97 Å². The SMILES string of the molecule is O=C1[C@H]2[C@H]3C=C[C@@H]([C@@H]2C(=O)N1c1ccccn1)[C@H]1[C@H]2C(=O)N(c4ccccn4)C(=O)[C@@H]2[C@H]31. The van der Waals surface area contributed by atoms with Crippen LogP contribution in [0.5, 0.6) is 0 Å². The minimum atomic E-state index is -0.506. The van der Waals surface area contributed by atoms with Crippen LogP contribution in [0.25, 0.3) is 0 Å². The molecule has 158 valence electrons. The first-order valence-corrected chi connectivity index (χ1v) is 10.9. The van der Waals surface area contributed by atoms with E-state index >= 15 is 0 Å². The molecule has 0 aromatic carbocycles. The fourth-order valence-corrected chi connectivity index (χ4v) is 7.02. The summed E-state index contributed by atoms with van der Waals surface area (Å²) in [5, 5.41) is 0. The molecule has 8 atom stereocenters. The Hall–Kier alpha value is -3.68. The van der Waals surface area contributed by atoms with E-state index in [0.717, 1.165) is 0 Å². The lowest BCUT2D eigenvalue weighted by Gasteiger charge is -2.60. The highest BCUT2D eigenvalue weighted by atomic mass is 16.2.